The van der Waals surface area contributed by atoms with Gasteiger partial charge in [-0.05, 0) is 19.1 Å². The molecule has 5 rings (SSSR count). The molecule has 2 N–H and O–H groups in total. The molecule has 212 valence electrons. The minimum atomic E-state index is -4.93. The number of fused-ring (bicyclic) bond motifs is 1. The van der Waals surface area contributed by atoms with Crippen LogP contribution in [0.1, 0.15) is 11.3 Å². The van der Waals surface area contributed by atoms with Crippen molar-refractivity contribution in [2.75, 3.05) is 18.5 Å². The number of hydrogen-bond donors (Lipinski definition) is 2. The molecule has 0 saturated carbocycles. The molecule has 9 nitrogen and oxygen atoms in total. The number of benzene rings is 2. The van der Waals surface area contributed by atoms with Gasteiger partial charge < -0.3 is 19.9 Å². The number of alkyl halides is 3. The van der Waals surface area contributed by atoms with E-state index in [1.807, 2.05) is 0 Å². The van der Waals surface area contributed by atoms with Crippen molar-refractivity contribution in [1.82, 2.24) is 24.7 Å². The zero-order valence-electron chi connectivity index (χ0n) is 21.3. The van der Waals surface area contributed by atoms with Gasteiger partial charge in [0.15, 0.2) is 11.6 Å². The van der Waals surface area contributed by atoms with Crippen LogP contribution in [0.4, 0.5) is 33.5 Å². The number of nitrogens with zero attached hydrogens (tertiary/aromatic N) is 5. The molecule has 2 aromatic carbocycles. The smallest absolute Gasteiger partial charge is 0.491 e. The molecule has 3 aromatic heterocycles. The van der Waals surface area contributed by atoms with Crippen molar-refractivity contribution in [3.8, 4) is 23.0 Å². The zero-order chi connectivity index (χ0) is 29.1. The summed E-state index contributed by atoms with van der Waals surface area (Å²) < 4.78 is 78.9. The second kappa shape index (κ2) is 11.3. The molecular weight excluding hydrogens is 551 g/mol. The second-order valence-corrected chi connectivity index (χ2v) is 8.72. The Hall–Kier alpha value is -4.85. The predicted octanol–water partition coefficient (Wildman–Crippen LogP) is 5.54. The molecule has 0 atom stereocenters. The molecule has 0 saturated heterocycles. The third-order valence-corrected chi connectivity index (χ3v) is 5.78. The van der Waals surface area contributed by atoms with Crippen molar-refractivity contribution in [2.24, 2.45) is 0 Å². The molecule has 0 amide bonds. The van der Waals surface area contributed by atoms with Gasteiger partial charge in [-0.3, -0.25) is 9.67 Å². The number of aliphatic hydroxyl groups is 1. The van der Waals surface area contributed by atoms with Gasteiger partial charge in [-0.15, -0.1) is 13.2 Å². The highest BCUT2D eigenvalue weighted by molar-refractivity contribution is 5.92. The highest BCUT2D eigenvalue weighted by atomic mass is 19.4. The lowest BCUT2D eigenvalue weighted by atomic mass is 10.1. The molecule has 5 aromatic rings. The fraction of sp³-hybridized carbons (Fsp3) is 0.185. The lowest BCUT2D eigenvalue weighted by molar-refractivity contribution is -0.274. The third-order valence-electron chi connectivity index (χ3n) is 5.78. The van der Waals surface area contributed by atoms with Crippen LogP contribution < -0.4 is 14.8 Å². The van der Waals surface area contributed by atoms with E-state index in [1.54, 1.807) is 31.2 Å². The Balaban J connectivity index is 1.51. The van der Waals surface area contributed by atoms with E-state index in [0.29, 0.717) is 16.6 Å². The number of nitrogens with one attached hydrogen (secondary N) is 1. The van der Waals surface area contributed by atoms with Crippen LogP contribution in [0.2, 0.25) is 0 Å². The number of para-hydroxylation sites is 1. The fourth-order valence-corrected chi connectivity index (χ4v) is 4.11. The lowest BCUT2D eigenvalue weighted by Gasteiger charge is -2.14. The van der Waals surface area contributed by atoms with Crippen LogP contribution in [-0.2, 0) is 6.54 Å². The van der Waals surface area contributed by atoms with Crippen LogP contribution in [0.3, 0.4) is 0 Å². The van der Waals surface area contributed by atoms with Crippen molar-refractivity contribution in [1.29, 1.82) is 0 Å². The molecule has 0 bridgehead atoms. The monoisotopic (exact) mass is 572 g/mol. The van der Waals surface area contributed by atoms with Crippen molar-refractivity contribution < 1.29 is 36.5 Å². The Morgan fingerprint density at radius 3 is 2.51 bits per heavy atom. The number of halogens is 5. The van der Waals surface area contributed by atoms with E-state index >= 15 is 0 Å². The van der Waals surface area contributed by atoms with E-state index in [1.165, 1.54) is 23.0 Å². The number of aryl methyl sites for hydroxylation is 1. The quantitative estimate of drug-likeness (QED) is 0.222. The van der Waals surface area contributed by atoms with Crippen LogP contribution in [0.25, 0.3) is 22.4 Å². The maximum absolute atomic E-state index is 14.9. The van der Waals surface area contributed by atoms with Gasteiger partial charge in [0.2, 0.25) is 0 Å². The Labute approximate surface area is 229 Å². The summed E-state index contributed by atoms with van der Waals surface area (Å²) in [5.74, 6) is -2.04. The van der Waals surface area contributed by atoms with Crippen LogP contribution in [0.15, 0.2) is 60.9 Å². The average Bonchev–Trinajstić information content (AvgIpc) is 3.28. The number of ether oxygens (including phenoxy) is 2. The van der Waals surface area contributed by atoms with Crippen LogP contribution in [-0.4, -0.2) is 49.4 Å². The summed E-state index contributed by atoms with van der Waals surface area (Å²) in [6.45, 7) is 0.970. The maximum Gasteiger partial charge on any atom is 0.573 e. The van der Waals surface area contributed by atoms with E-state index in [0.717, 1.165) is 18.3 Å². The van der Waals surface area contributed by atoms with Crippen LogP contribution >= 0.6 is 0 Å². The summed E-state index contributed by atoms with van der Waals surface area (Å²) in [6, 6.07) is 11.8. The summed E-state index contributed by atoms with van der Waals surface area (Å²) in [5, 5.41) is 16.8. The highest BCUT2D eigenvalue weighted by Crippen LogP contribution is 2.33. The maximum atomic E-state index is 14.9. The number of aliphatic hydroxyl groups excluding tert-OH is 1. The van der Waals surface area contributed by atoms with E-state index < -0.39 is 23.7 Å². The van der Waals surface area contributed by atoms with Crippen molar-refractivity contribution >= 4 is 22.4 Å². The average molecular weight is 572 g/mol. The number of rotatable bonds is 9. The van der Waals surface area contributed by atoms with Crippen molar-refractivity contribution in [3.63, 3.8) is 0 Å². The van der Waals surface area contributed by atoms with E-state index in [4.69, 9.17) is 9.84 Å². The number of aromatic nitrogens is 5. The minimum Gasteiger partial charge on any atom is -0.491 e. The Bertz CT molecular complexity index is 1690. The molecule has 0 aliphatic heterocycles. The van der Waals surface area contributed by atoms with Crippen molar-refractivity contribution in [3.05, 3.63) is 83.8 Å². The molecule has 41 heavy (non-hydrogen) atoms. The Kier molecular flexibility index (Phi) is 7.66. The first kappa shape index (κ1) is 27.7. The first-order valence-corrected chi connectivity index (χ1v) is 12.1. The molecule has 0 radical (unpaired) electrons. The lowest BCUT2D eigenvalue weighted by Crippen LogP contribution is -2.18. The van der Waals surface area contributed by atoms with Gasteiger partial charge in [0.05, 0.1) is 30.6 Å². The van der Waals surface area contributed by atoms with Gasteiger partial charge in [0.25, 0.3) is 0 Å². The zero-order valence-corrected chi connectivity index (χ0v) is 21.3. The predicted molar refractivity (Wildman–Crippen MR) is 138 cm³/mol. The first-order chi connectivity index (χ1) is 19.6. The normalized spacial score (nSPS) is 11.6. The second-order valence-electron chi connectivity index (χ2n) is 8.72. The third kappa shape index (κ3) is 6.32. The van der Waals surface area contributed by atoms with Gasteiger partial charge in [-0.1, -0.05) is 18.2 Å². The number of hydrogen-bond acceptors (Lipinski definition) is 8. The van der Waals surface area contributed by atoms with Crippen molar-refractivity contribution in [2.45, 2.75) is 19.8 Å². The molecule has 0 spiro atoms. The Morgan fingerprint density at radius 1 is 1.02 bits per heavy atom. The summed E-state index contributed by atoms with van der Waals surface area (Å²) in [4.78, 5) is 12.6. The molecule has 0 unspecified atom stereocenters. The molecule has 14 heteroatoms. The summed E-state index contributed by atoms with van der Waals surface area (Å²) >= 11 is 0. The molecule has 3 heterocycles. The standard InChI is InChI=1S/C27H21F5N6O3/c1-15-10-24(35-21-6-7-33-13-23(21)41-27(30,31)32)36-26(34-15)25-17-4-2-3-5-22(17)38(37-25)14-18-19(28)11-16(12-20(18)29)40-9-8-39/h2-7,10-13,39H,8-9,14H2,1H3,(H,33,34,35,36). The van der Waals surface area contributed by atoms with Gasteiger partial charge in [-0.25, -0.2) is 18.7 Å². The first-order valence-electron chi connectivity index (χ1n) is 12.1. The summed E-state index contributed by atoms with van der Waals surface area (Å²) in [5.41, 5.74) is 1.01. The van der Waals surface area contributed by atoms with Gasteiger partial charge in [-0.2, -0.15) is 5.10 Å². The minimum absolute atomic E-state index is 0.0332. The summed E-state index contributed by atoms with van der Waals surface area (Å²) in [6.07, 6.45) is -2.72. The molecular formula is C27H21F5N6O3. The fourth-order valence-electron chi connectivity index (χ4n) is 4.11. The van der Waals surface area contributed by atoms with Gasteiger partial charge >= 0.3 is 6.36 Å². The van der Waals surface area contributed by atoms with Crippen LogP contribution in [0.5, 0.6) is 11.5 Å². The highest BCUT2D eigenvalue weighted by Gasteiger charge is 2.32. The van der Waals surface area contributed by atoms with E-state index in [2.05, 4.69) is 30.1 Å². The molecule has 0 aliphatic carbocycles. The van der Waals surface area contributed by atoms with E-state index in [-0.39, 0.29) is 54.1 Å². The Morgan fingerprint density at radius 2 is 1.78 bits per heavy atom. The largest absolute Gasteiger partial charge is 0.573 e. The van der Waals surface area contributed by atoms with Gasteiger partial charge in [0.1, 0.15) is 35.5 Å². The molecule has 0 aliphatic rings. The van der Waals surface area contributed by atoms with E-state index in [9.17, 15) is 22.0 Å². The molecule has 0 fully saturated rings. The topological polar surface area (TPSA) is 107 Å². The van der Waals surface area contributed by atoms with Gasteiger partial charge in [0, 0.05) is 41.0 Å². The summed E-state index contributed by atoms with van der Waals surface area (Å²) in [7, 11) is 0. The number of anilines is 2. The SMILES string of the molecule is Cc1cc(Nc2ccncc2OC(F)(F)F)nc(-c2nn(Cc3c(F)cc(OCCO)cc3F)c3ccccc23)n1. The number of pyridine rings is 1. The van der Waals surface area contributed by atoms with Crippen LogP contribution in [0, 0.1) is 18.6 Å².